The van der Waals surface area contributed by atoms with Gasteiger partial charge in [-0.05, 0) is 19.1 Å². The molecule has 0 amide bonds. The Morgan fingerprint density at radius 2 is 2.33 bits per heavy atom. The molecule has 78 valence electrons. The monoisotopic (exact) mass is 241 g/mol. The maximum Gasteiger partial charge on any atom is 0.339 e. The van der Waals surface area contributed by atoms with Crippen molar-refractivity contribution in [3.63, 3.8) is 0 Å². The second-order valence-electron chi connectivity index (χ2n) is 2.68. The van der Waals surface area contributed by atoms with Crippen LogP contribution in [0.25, 0.3) is 0 Å². The molecule has 0 atom stereocenters. The van der Waals surface area contributed by atoms with Gasteiger partial charge in [-0.1, -0.05) is 11.6 Å². The molecule has 0 aliphatic rings. The first kappa shape index (κ1) is 11.9. The van der Waals surface area contributed by atoms with Crippen molar-refractivity contribution in [2.75, 3.05) is 6.61 Å². The molecule has 5 heteroatoms. The van der Waals surface area contributed by atoms with Crippen LogP contribution in [0, 0.1) is 11.3 Å². The van der Waals surface area contributed by atoms with Crippen LogP contribution in [0.2, 0.25) is 5.02 Å². The van der Waals surface area contributed by atoms with Gasteiger partial charge in [-0.2, -0.15) is 5.26 Å². The molecule has 0 aromatic heterocycles. The summed E-state index contributed by atoms with van der Waals surface area (Å²) in [6, 6.07) is 4.75. The highest BCUT2D eigenvalue weighted by molar-refractivity contribution is 7.80. The molecule has 0 saturated heterocycles. The smallest absolute Gasteiger partial charge is 0.339 e. The van der Waals surface area contributed by atoms with Crippen LogP contribution in [0.5, 0.6) is 0 Å². The van der Waals surface area contributed by atoms with E-state index in [0.717, 1.165) is 0 Å². The summed E-state index contributed by atoms with van der Waals surface area (Å²) in [5.41, 5.74) is 0.555. The second kappa shape index (κ2) is 5.06. The van der Waals surface area contributed by atoms with Gasteiger partial charge in [-0.25, -0.2) is 4.79 Å². The SMILES string of the molecule is CCOC(=O)c1cc(S)c(C#N)cc1Cl. The van der Waals surface area contributed by atoms with Crippen LogP contribution in [0.1, 0.15) is 22.8 Å². The molecule has 0 heterocycles. The molecular weight excluding hydrogens is 234 g/mol. The van der Waals surface area contributed by atoms with E-state index in [1.807, 2.05) is 6.07 Å². The van der Waals surface area contributed by atoms with Gasteiger partial charge in [0, 0.05) is 4.90 Å². The van der Waals surface area contributed by atoms with E-state index in [1.165, 1.54) is 12.1 Å². The van der Waals surface area contributed by atoms with Crippen molar-refractivity contribution in [2.45, 2.75) is 11.8 Å². The summed E-state index contributed by atoms with van der Waals surface area (Å²) in [6.45, 7) is 1.98. The molecular formula is C10H8ClNO2S. The topological polar surface area (TPSA) is 50.1 Å². The molecule has 0 saturated carbocycles. The third-order valence-corrected chi connectivity index (χ3v) is 2.38. The van der Waals surface area contributed by atoms with Gasteiger partial charge in [0.05, 0.1) is 22.8 Å². The molecule has 0 aliphatic carbocycles. The summed E-state index contributed by atoms with van der Waals surface area (Å²) in [7, 11) is 0. The first-order valence-electron chi connectivity index (χ1n) is 4.19. The van der Waals surface area contributed by atoms with Crippen molar-refractivity contribution in [1.82, 2.24) is 0 Å². The molecule has 0 unspecified atom stereocenters. The minimum atomic E-state index is -0.512. The minimum Gasteiger partial charge on any atom is -0.462 e. The van der Waals surface area contributed by atoms with E-state index in [4.69, 9.17) is 21.6 Å². The molecule has 1 rings (SSSR count). The van der Waals surface area contributed by atoms with Crippen LogP contribution in [-0.2, 0) is 4.74 Å². The number of carbonyl (C=O) groups excluding carboxylic acids is 1. The summed E-state index contributed by atoms with van der Waals surface area (Å²) in [5, 5.41) is 8.90. The maximum atomic E-state index is 11.4. The fourth-order valence-corrected chi connectivity index (χ4v) is 1.50. The lowest BCUT2D eigenvalue weighted by Crippen LogP contribution is -2.05. The third-order valence-electron chi connectivity index (χ3n) is 1.70. The zero-order valence-corrected chi connectivity index (χ0v) is 9.60. The van der Waals surface area contributed by atoms with Crippen LogP contribution in [-0.4, -0.2) is 12.6 Å². The number of ether oxygens (including phenoxy) is 1. The largest absolute Gasteiger partial charge is 0.462 e. The van der Waals surface area contributed by atoms with Gasteiger partial charge in [0.2, 0.25) is 0 Å². The normalized spacial score (nSPS) is 9.47. The number of nitriles is 1. The number of benzene rings is 1. The highest BCUT2D eigenvalue weighted by Crippen LogP contribution is 2.24. The van der Waals surface area contributed by atoms with E-state index in [9.17, 15) is 4.79 Å². The summed E-state index contributed by atoms with van der Waals surface area (Å²) in [4.78, 5) is 11.8. The summed E-state index contributed by atoms with van der Waals surface area (Å²) in [6.07, 6.45) is 0. The van der Waals surface area contributed by atoms with Crippen molar-refractivity contribution in [3.8, 4) is 6.07 Å². The van der Waals surface area contributed by atoms with E-state index >= 15 is 0 Å². The predicted molar refractivity (Wildman–Crippen MR) is 59.4 cm³/mol. The van der Waals surface area contributed by atoms with Crippen molar-refractivity contribution >= 4 is 30.2 Å². The fourth-order valence-electron chi connectivity index (χ4n) is 1.02. The number of hydrogen-bond acceptors (Lipinski definition) is 4. The van der Waals surface area contributed by atoms with Crippen molar-refractivity contribution in [3.05, 3.63) is 28.3 Å². The Labute approximate surface area is 98.0 Å². The van der Waals surface area contributed by atoms with Crippen molar-refractivity contribution < 1.29 is 9.53 Å². The number of carbonyl (C=O) groups is 1. The van der Waals surface area contributed by atoms with Gasteiger partial charge < -0.3 is 4.74 Å². The van der Waals surface area contributed by atoms with Gasteiger partial charge >= 0.3 is 5.97 Å². The second-order valence-corrected chi connectivity index (χ2v) is 3.57. The van der Waals surface area contributed by atoms with E-state index in [1.54, 1.807) is 6.92 Å². The Kier molecular flexibility index (Phi) is 4.01. The molecule has 1 aromatic rings. The average molecular weight is 242 g/mol. The number of halogens is 1. The Hall–Kier alpha value is -1.18. The van der Waals surface area contributed by atoms with Crippen LogP contribution >= 0.6 is 24.2 Å². The zero-order chi connectivity index (χ0) is 11.4. The summed E-state index contributed by atoms with van der Waals surface area (Å²) < 4.78 is 4.80. The Morgan fingerprint density at radius 1 is 1.67 bits per heavy atom. The average Bonchev–Trinajstić information content (AvgIpc) is 2.21. The van der Waals surface area contributed by atoms with E-state index in [2.05, 4.69) is 12.6 Å². The van der Waals surface area contributed by atoms with Crippen molar-refractivity contribution in [2.24, 2.45) is 0 Å². The molecule has 3 nitrogen and oxygen atoms in total. The Morgan fingerprint density at radius 3 is 2.87 bits per heavy atom. The van der Waals surface area contributed by atoms with Crippen molar-refractivity contribution in [1.29, 1.82) is 5.26 Å². The number of esters is 1. The number of rotatable bonds is 2. The third kappa shape index (κ3) is 2.65. The van der Waals surface area contributed by atoms with Gasteiger partial charge in [0.1, 0.15) is 6.07 Å². The van der Waals surface area contributed by atoms with Crippen LogP contribution in [0.4, 0.5) is 0 Å². The highest BCUT2D eigenvalue weighted by Gasteiger charge is 2.14. The van der Waals surface area contributed by atoms with E-state index in [-0.39, 0.29) is 17.2 Å². The molecule has 0 bridgehead atoms. The van der Waals surface area contributed by atoms with Gasteiger partial charge in [0.15, 0.2) is 0 Å². The summed E-state index contributed by atoms with van der Waals surface area (Å²) in [5.74, 6) is -0.512. The van der Waals surface area contributed by atoms with Crippen LogP contribution < -0.4 is 0 Å². The quantitative estimate of drug-likeness (QED) is 0.640. The zero-order valence-electron chi connectivity index (χ0n) is 7.95. The standard InChI is InChI=1S/C10H8ClNO2S/c1-2-14-10(13)7-4-9(15)6(5-12)3-8(7)11/h3-4,15H,2H2,1H3. The Balaban J connectivity index is 3.17. The van der Waals surface area contributed by atoms with Crippen LogP contribution in [0.15, 0.2) is 17.0 Å². The Bertz CT molecular complexity index is 440. The number of hydrogen-bond donors (Lipinski definition) is 1. The highest BCUT2D eigenvalue weighted by atomic mass is 35.5. The van der Waals surface area contributed by atoms with Crippen LogP contribution in [0.3, 0.4) is 0 Å². The number of nitrogens with zero attached hydrogens (tertiary/aromatic N) is 1. The van der Waals surface area contributed by atoms with E-state index < -0.39 is 5.97 Å². The molecule has 15 heavy (non-hydrogen) atoms. The maximum absolute atomic E-state index is 11.4. The first-order valence-corrected chi connectivity index (χ1v) is 5.02. The fraction of sp³-hybridized carbons (Fsp3) is 0.200. The predicted octanol–water partition coefficient (Wildman–Crippen LogP) is 2.68. The number of thiol groups is 1. The lowest BCUT2D eigenvalue weighted by Gasteiger charge is -2.05. The van der Waals surface area contributed by atoms with Gasteiger partial charge in [0.25, 0.3) is 0 Å². The lowest BCUT2D eigenvalue weighted by molar-refractivity contribution is 0.0526. The summed E-state index contributed by atoms with van der Waals surface area (Å²) >= 11 is 9.89. The van der Waals surface area contributed by atoms with Gasteiger partial charge in [-0.15, -0.1) is 12.6 Å². The molecule has 0 radical (unpaired) electrons. The molecule has 0 fully saturated rings. The first-order chi connectivity index (χ1) is 7.10. The minimum absolute atomic E-state index is 0.197. The molecule has 1 aromatic carbocycles. The molecule has 0 aliphatic heterocycles. The van der Waals surface area contributed by atoms with Gasteiger partial charge in [-0.3, -0.25) is 0 Å². The van der Waals surface area contributed by atoms with E-state index in [0.29, 0.717) is 10.5 Å². The lowest BCUT2D eigenvalue weighted by atomic mass is 10.1. The molecule has 0 N–H and O–H groups in total. The molecule has 0 spiro atoms.